The molecule has 0 atom stereocenters. The highest BCUT2D eigenvalue weighted by Crippen LogP contribution is 2.28. The first-order valence-corrected chi connectivity index (χ1v) is 7.00. The van der Waals surface area contributed by atoms with Crippen molar-refractivity contribution in [3.05, 3.63) is 35.1 Å². The highest BCUT2D eigenvalue weighted by atomic mass is 35.5. The monoisotopic (exact) mass is 316 g/mol. The van der Waals surface area contributed by atoms with Crippen molar-refractivity contribution in [1.82, 2.24) is 10.6 Å². The van der Waals surface area contributed by atoms with Crippen molar-refractivity contribution in [3.63, 3.8) is 0 Å². The van der Waals surface area contributed by atoms with Gasteiger partial charge in [-0.1, -0.05) is 12.1 Å². The van der Waals surface area contributed by atoms with E-state index in [0.29, 0.717) is 18.7 Å². The first kappa shape index (κ1) is 17.9. The van der Waals surface area contributed by atoms with E-state index in [1.807, 2.05) is 0 Å². The van der Waals surface area contributed by atoms with Crippen LogP contribution in [0.1, 0.15) is 34.7 Å². The number of hydrogen-bond donors (Lipinski definition) is 2. The SMILES string of the molecule is COCCNC(=O)c1cccc(C2CCNCC2)c1F.Cl. The van der Waals surface area contributed by atoms with E-state index in [1.165, 1.54) is 6.07 Å². The van der Waals surface area contributed by atoms with Crippen molar-refractivity contribution < 1.29 is 13.9 Å². The third kappa shape index (κ3) is 4.66. The molecule has 1 heterocycles. The molecule has 0 radical (unpaired) electrons. The topological polar surface area (TPSA) is 50.4 Å². The van der Waals surface area contributed by atoms with Gasteiger partial charge in [0.25, 0.3) is 5.91 Å². The molecule has 1 aromatic carbocycles. The van der Waals surface area contributed by atoms with Crippen molar-refractivity contribution in [1.29, 1.82) is 0 Å². The number of hydrogen-bond acceptors (Lipinski definition) is 3. The molecule has 0 aromatic heterocycles. The molecule has 1 saturated heterocycles. The third-order valence-corrected chi connectivity index (χ3v) is 3.64. The zero-order valence-corrected chi connectivity index (χ0v) is 13.0. The fourth-order valence-corrected chi connectivity index (χ4v) is 2.54. The summed E-state index contributed by atoms with van der Waals surface area (Å²) in [4.78, 5) is 12.0. The molecule has 1 aromatic rings. The van der Waals surface area contributed by atoms with E-state index < -0.39 is 0 Å². The number of ether oxygens (including phenoxy) is 1. The first-order chi connectivity index (χ1) is 9.74. The van der Waals surface area contributed by atoms with Gasteiger partial charge < -0.3 is 15.4 Å². The largest absolute Gasteiger partial charge is 0.383 e. The molecular weight excluding hydrogens is 295 g/mol. The lowest BCUT2D eigenvalue weighted by Crippen LogP contribution is -2.29. The molecule has 6 heteroatoms. The highest BCUT2D eigenvalue weighted by molar-refractivity contribution is 5.94. The lowest BCUT2D eigenvalue weighted by molar-refractivity contribution is 0.0932. The number of methoxy groups -OCH3 is 1. The van der Waals surface area contributed by atoms with E-state index in [4.69, 9.17) is 4.74 Å². The average molecular weight is 317 g/mol. The van der Waals surface area contributed by atoms with E-state index in [0.717, 1.165) is 25.9 Å². The van der Waals surface area contributed by atoms with E-state index in [2.05, 4.69) is 10.6 Å². The van der Waals surface area contributed by atoms with Crippen LogP contribution >= 0.6 is 12.4 Å². The summed E-state index contributed by atoms with van der Waals surface area (Å²) in [5.74, 6) is -0.562. The number of amides is 1. The number of carbonyl (C=O) groups is 1. The minimum Gasteiger partial charge on any atom is -0.383 e. The number of halogens is 2. The fourth-order valence-electron chi connectivity index (χ4n) is 2.54. The molecule has 0 bridgehead atoms. The molecule has 0 unspecified atom stereocenters. The average Bonchev–Trinajstić information content (AvgIpc) is 2.48. The van der Waals surface area contributed by atoms with Crippen LogP contribution in [0.15, 0.2) is 18.2 Å². The Balaban J connectivity index is 0.00000220. The molecule has 4 nitrogen and oxygen atoms in total. The van der Waals surface area contributed by atoms with Gasteiger partial charge in [0.1, 0.15) is 5.82 Å². The molecule has 0 aliphatic carbocycles. The number of rotatable bonds is 5. The van der Waals surface area contributed by atoms with Gasteiger partial charge in [0.15, 0.2) is 0 Å². The van der Waals surface area contributed by atoms with Gasteiger partial charge in [-0.05, 0) is 43.5 Å². The van der Waals surface area contributed by atoms with Crippen molar-refractivity contribution in [2.75, 3.05) is 33.4 Å². The Morgan fingerprint density at radius 3 is 2.81 bits per heavy atom. The second-order valence-corrected chi connectivity index (χ2v) is 4.98. The number of nitrogens with one attached hydrogen (secondary N) is 2. The summed E-state index contributed by atoms with van der Waals surface area (Å²) in [6.45, 7) is 2.59. The van der Waals surface area contributed by atoms with E-state index in [-0.39, 0.29) is 35.6 Å². The number of piperidine rings is 1. The summed E-state index contributed by atoms with van der Waals surface area (Å²) < 4.78 is 19.4. The van der Waals surface area contributed by atoms with Crippen LogP contribution in [0, 0.1) is 5.82 Å². The van der Waals surface area contributed by atoms with Gasteiger partial charge in [-0.3, -0.25) is 4.79 Å². The third-order valence-electron chi connectivity index (χ3n) is 3.64. The lowest BCUT2D eigenvalue weighted by Gasteiger charge is -2.24. The maximum atomic E-state index is 14.5. The van der Waals surface area contributed by atoms with Crippen LogP contribution in [0.3, 0.4) is 0 Å². The molecule has 1 fully saturated rings. The quantitative estimate of drug-likeness (QED) is 0.818. The summed E-state index contributed by atoms with van der Waals surface area (Å²) in [5.41, 5.74) is 0.781. The molecule has 1 aliphatic rings. The number of carbonyl (C=O) groups excluding carboxylic acids is 1. The van der Waals surface area contributed by atoms with Gasteiger partial charge in [-0.2, -0.15) is 0 Å². The van der Waals surface area contributed by atoms with Crippen molar-refractivity contribution >= 4 is 18.3 Å². The van der Waals surface area contributed by atoms with Crippen LogP contribution in [-0.2, 0) is 4.74 Å². The van der Waals surface area contributed by atoms with Crippen molar-refractivity contribution in [3.8, 4) is 0 Å². The minimum atomic E-state index is -0.380. The van der Waals surface area contributed by atoms with Gasteiger partial charge in [-0.25, -0.2) is 4.39 Å². The Morgan fingerprint density at radius 2 is 2.14 bits per heavy atom. The van der Waals surface area contributed by atoms with E-state index >= 15 is 0 Å². The van der Waals surface area contributed by atoms with E-state index in [9.17, 15) is 9.18 Å². The molecule has 2 rings (SSSR count). The molecule has 118 valence electrons. The van der Waals surface area contributed by atoms with Gasteiger partial charge in [0.2, 0.25) is 0 Å². The molecule has 1 aliphatic heterocycles. The van der Waals surface area contributed by atoms with Crippen LogP contribution in [0.4, 0.5) is 4.39 Å². The minimum absolute atomic E-state index is 0. The summed E-state index contributed by atoms with van der Waals surface area (Å²) in [7, 11) is 1.56. The first-order valence-electron chi connectivity index (χ1n) is 7.00. The van der Waals surface area contributed by atoms with Gasteiger partial charge >= 0.3 is 0 Å². The Labute approximate surface area is 130 Å². The highest BCUT2D eigenvalue weighted by Gasteiger charge is 2.22. The summed E-state index contributed by atoms with van der Waals surface area (Å²) >= 11 is 0. The Hall–Kier alpha value is -1.17. The maximum Gasteiger partial charge on any atom is 0.254 e. The molecule has 0 spiro atoms. The molecular formula is C15H22ClFN2O2. The molecule has 2 N–H and O–H groups in total. The zero-order chi connectivity index (χ0) is 14.4. The predicted octanol–water partition coefficient (Wildman–Crippen LogP) is 2.09. The Bertz CT molecular complexity index is 465. The van der Waals surface area contributed by atoms with Crippen molar-refractivity contribution in [2.24, 2.45) is 0 Å². The lowest BCUT2D eigenvalue weighted by atomic mass is 9.88. The second-order valence-electron chi connectivity index (χ2n) is 4.98. The Morgan fingerprint density at radius 1 is 1.43 bits per heavy atom. The van der Waals surface area contributed by atoms with Gasteiger partial charge in [-0.15, -0.1) is 12.4 Å². The second kappa shape index (κ2) is 8.97. The summed E-state index contributed by atoms with van der Waals surface area (Å²) in [5, 5.41) is 5.91. The van der Waals surface area contributed by atoms with Gasteiger partial charge in [0, 0.05) is 13.7 Å². The maximum absolute atomic E-state index is 14.5. The van der Waals surface area contributed by atoms with Crippen LogP contribution in [-0.4, -0.2) is 39.3 Å². The Kier molecular flexibility index (Phi) is 7.64. The van der Waals surface area contributed by atoms with E-state index in [1.54, 1.807) is 19.2 Å². The zero-order valence-electron chi connectivity index (χ0n) is 12.2. The number of benzene rings is 1. The predicted molar refractivity (Wildman–Crippen MR) is 82.7 cm³/mol. The smallest absolute Gasteiger partial charge is 0.254 e. The van der Waals surface area contributed by atoms with Gasteiger partial charge in [0.05, 0.1) is 12.2 Å². The fraction of sp³-hybridized carbons (Fsp3) is 0.533. The van der Waals surface area contributed by atoms with Crippen LogP contribution in [0.25, 0.3) is 0 Å². The standard InChI is InChI=1S/C15H21FN2O2.ClH/c1-20-10-9-18-15(19)13-4-2-3-12(14(13)16)11-5-7-17-8-6-11;/h2-4,11,17H,5-10H2,1H3,(H,18,19);1H. The normalized spacial score (nSPS) is 15.3. The molecule has 0 saturated carbocycles. The van der Waals surface area contributed by atoms with Crippen LogP contribution < -0.4 is 10.6 Å². The summed E-state index contributed by atoms with van der Waals surface area (Å²) in [6, 6.07) is 5.07. The van der Waals surface area contributed by atoms with Crippen LogP contribution in [0.2, 0.25) is 0 Å². The van der Waals surface area contributed by atoms with Crippen molar-refractivity contribution in [2.45, 2.75) is 18.8 Å². The van der Waals surface area contributed by atoms with Crippen LogP contribution in [0.5, 0.6) is 0 Å². The summed E-state index contributed by atoms with van der Waals surface area (Å²) in [6.07, 6.45) is 1.82. The molecule has 1 amide bonds. The molecule has 21 heavy (non-hydrogen) atoms.